The second-order valence-corrected chi connectivity index (χ2v) is 3.51. The first-order chi connectivity index (χ1) is 7.10. The topological polar surface area (TPSA) is 63.4 Å². The van der Waals surface area contributed by atoms with Gasteiger partial charge in [-0.1, -0.05) is 13.8 Å². The molecule has 0 aromatic heterocycles. The Balaban J connectivity index is 3.15. The maximum Gasteiger partial charge on any atom is 0.269 e. The van der Waals surface area contributed by atoms with Crippen molar-refractivity contribution in [2.24, 2.45) is 0 Å². The highest BCUT2D eigenvalue weighted by atomic mass is 16.6. The van der Waals surface area contributed by atoms with E-state index < -0.39 is 4.92 Å². The number of non-ortho nitro benzene ring substituents is 1. The molecule has 0 heterocycles. The van der Waals surface area contributed by atoms with Gasteiger partial charge in [0.25, 0.3) is 5.69 Å². The Morgan fingerprint density at radius 3 is 2.47 bits per heavy atom. The largest absolute Gasteiger partial charge is 0.508 e. The molecule has 0 saturated carbocycles. The molecule has 0 amide bonds. The number of rotatable bonds is 4. The molecular weight excluding hydrogens is 194 g/mol. The summed E-state index contributed by atoms with van der Waals surface area (Å²) in [4.78, 5) is 10.1. The Bertz CT molecular complexity index is 359. The molecule has 0 aliphatic rings. The average Bonchev–Trinajstić information content (AvgIpc) is 2.22. The summed E-state index contributed by atoms with van der Waals surface area (Å²) >= 11 is 0. The third-order valence-electron chi connectivity index (χ3n) is 2.65. The first-order valence-electron chi connectivity index (χ1n) is 5.07. The lowest BCUT2D eigenvalue weighted by molar-refractivity contribution is -0.385. The molecule has 4 heteroatoms. The highest BCUT2D eigenvalue weighted by Crippen LogP contribution is 2.33. The monoisotopic (exact) mass is 209 g/mol. The first kappa shape index (κ1) is 11.5. The summed E-state index contributed by atoms with van der Waals surface area (Å²) in [7, 11) is 0. The number of nitro groups is 1. The molecule has 1 N–H and O–H groups in total. The molecule has 0 spiro atoms. The van der Waals surface area contributed by atoms with Gasteiger partial charge in [-0.3, -0.25) is 10.1 Å². The van der Waals surface area contributed by atoms with Crippen LogP contribution in [0.3, 0.4) is 0 Å². The number of phenolic OH excluding ortho intramolecular Hbond substituents is 1. The molecule has 15 heavy (non-hydrogen) atoms. The number of hydrogen-bond donors (Lipinski definition) is 1. The Hall–Kier alpha value is -1.58. The molecule has 4 nitrogen and oxygen atoms in total. The second-order valence-electron chi connectivity index (χ2n) is 3.51. The van der Waals surface area contributed by atoms with Crippen molar-refractivity contribution in [2.75, 3.05) is 0 Å². The van der Waals surface area contributed by atoms with E-state index in [-0.39, 0.29) is 17.4 Å². The smallest absolute Gasteiger partial charge is 0.269 e. The number of hydrogen-bond acceptors (Lipinski definition) is 3. The summed E-state index contributed by atoms with van der Waals surface area (Å²) in [6, 6.07) is 4.18. The minimum absolute atomic E-state index is 0.0368. The quantitative estimate of drug-likeness (QED) is 0.611. The van der Waals surface area contributed by atoms with Gasteiger partial charge in [0.05, 0.1) is 4.92 Å². The van der Waals surface area contributed by atoms with Crippen LogP contribution in [0, 0.1) is 10.1 Å². The molecule has 1 aromatic carbocycles. The normalized spacial score (nSPS) is 10.6. The lowest BCUT2D eigenvalue weighted by atomic mass is 9.93. The molecule has 0 atom stereocenters. The van der Waals surface area contributed by atoms with Gasteiger partial charge in [0, 0.05) is 17.7 Å². The number of nitro benzene ring substituents is 1. The van der Waals surface area contributed by atoms with Crippen LogP contribution in [0.5, 0.6) is 5.75 Å². The van der Waals surface area contributed by atoms with E-state index in [0.717, 1.165) is 12.8 Å². The standard InChI is InChI=1S/C11H15NO3/c1-3-8(4-2)10-7-9(12(14)15)5-6-11(10)13/h5-8,13H,3-4H2,1-2H3. The van der Waals surface area contributed by atoms with E-state index in [4.69, 9.17) is 0 Å². The predicted octanol–water partition coefficient (Wildman–Crippen LogP) is 3.20. The maximum absolute atomic E-state index is 10.6. The van der Waals surface area contributed by atoms with Crippen LogP contribution in [-0.2, 0) is 0 Å². The zero-order valence-electron chi connectivity index (χ0n) is 8.93. The van der Waals surface area contributed by atoms with Gasteiger partial charge in [0.15, 0.2) is 0 Å². The second kappa shape index (κ2) is 4.77. The van der Waals surface area contributed by atoms with Crippen molar-refractivity contribution in [3.05, 3.63) is 33.9 Å². The number of nitrogens with zero attached hydrogens (tertiary/aromatic N) is 1. The number of benzene rings is 1. The first-order valence-corrected chi connectivity index (χ1v) is 5.07. The summed E-state index contributed by atoms with van der Waals surface area (Å²) in [6.45, 7) is 4.01. The molecule has 0 fully saturated rings. The predicted molar refractivity (Wildman–Crippen MR) is 58.1 cm³/mol. The van der Waals surface area contributed by atoms with Gasteiger partial charge in [-0.05, 0) is 24.8 Å². The van der Waals surface area contributed by atoms with Gasteiger partial charge in [-0.2, -0.15) is 0 Å². The average molecular weight is 209 g/mol. The zero-order valence-corrected chi connectivity index (χ0v) is 8.93. The van der Waals surface area contributed by atoms with E-state index in [1.807, 2.05) is 13.8 Å². The van der Waals surface area contributed by atoms with E-state index in [1.54, 1.807) is 0 Å². The highest BCUT2D eigenvalue weighted by molar-refractivity contribution is 5.44. The fourth-order valence-electron chi connectivity index (χ4n) is 1.71. The van der Waals surface area contributed by atoms with Crippen molar-refractivity contribution in [2.45, 2.75) is 32.6 Å². The van der Waals surface area contributed by atoms with Crippen LogP contribution in [0.4, 0.5) is 5.69 Å². The van der Waals surface area contributed by atoms with Crippen LogP contribution in [0.2, 0.25) is 0 Å². The fraction of sp³-hybridized carbons (Fsp3) is 0.455. The summed E-state index contributed by atoms with van der Waals surface area (Å²) in [6.07, 6.45) is 1.73. The van der Waals surface area contributed by atoms with Crippen molar-refractivity contribution >= 4 is 5.69 Å². The third kappa shape index (κ3) is 2.46. The third-order valence-corrected chi connectivity index (χ3v) is 2.65. The van der Waals surface area contributed by atoms with Crippen molar-refractivity contribution in [3.63, 3.8) is 0 Å². The molecule has 1 aromatic rings. The molecule has 0 saturated heterocycles. The molecule has 82 valence electrons. The minimum Gasteiger partial charge on any atom is -0.508 e. The Morgan fingerprint density at radius 2 is 2.00 bits per heavy atom. The van der Waals surface area contributed by atoms with Crippen LogP contribution in [0.15, 0.2) is 18.2 Å². The molecule has 0 aliphatic heterocycles. The van der Waals surface area contributed by atoms with Gasteiger partial charge in [0.2, 0.25) is 0 Å². The minimum atomic E-state index is -0.439. The Morgan fingerprint density at radius 1 is 1.40 bits per heavy atom. The van der Waals surface area contributed by atoms with Gasteiger partial charge in [-0.15, -0.1) is 0 Å². The van der Waals surface area contributed by atoms with E-state index in [0.29, 0.717) is 5.56 Å². The zero-order chi connectivity index (χ0) is 11.4. The number of phenols is 1. The summed E-state index contributed by atoms with van der Waals surface area (Å²) < 4.78 is 0. The van der Waals surface area contributed by atoms with Crippen LogP contribution in [0.1, 0.15) is 38.2 Å². The van der Waals surface area contributed by atoms with Gasteiger partial charge in [-0.25, -0.2) is 0 Å². The van der Waals surface area contributed by atoms with Gasteiger partial charge >= 0.3 is 0 Å². The lowest BCUT2D eigenvalue weighted by Crippen LogP contribution is -1.97. The van der Waals surface area contributed by atoms with Crippen LogP contribution in [0.25, 0.3) is 0 Å². The molecule has 1 rings (SSSR count). The SMILES string of the molecule is CCC(CC)c1cc([N+](=O)[O-])ccc1O. The van der Waals surface area contributed by atoms with Gasteiger partial charge < -0.3 is 5.11 Å². The van der Waals surface area contributed by atoms with Crippen molar-refractivity contribution in [1.82, 2.24) is 0 Å². The van der Waals surface area contributed by atoms with E-state index in [1.165, 1.54) is 18.2 Å². The Kier molecular flexibility index (Phi) is 3.66. The lowest BCUT2D eigenvalue weighted by Gasteiger charge is -2.13. The van der Waals surface area contributed by atoms with E-state index in [9.17, 15) is 15.2 Å². The van der Waals surface area contributed by atoms with Crippen molar-refractivity contribution < 1.29 is 10.0 Å². The fourth-order valence-corrected chi connectivity index (χ4v) is 1.71. The van der Waals surface area contributed by atoms with E-state index in [2.05, 4.69) is 0 Å². The molecule has 0 bridgehead atoms. The summed E-state index contributed by atoms with van der Waals surface area (Å²) in [5.74, 6) is 0.333. The highest BCUT2D eigenvalue weighted by Gasteiger charge is 2.16. The molecular formula is C11H15NO3. The molecule has 0 radical (unpaired) electrons. The van der Waals surface area contributed by atoms with E-state index >= 15 is 0 Å². The molecule has 0 unspecified atom stereocenters. The Labute approximate surface area is 88.7 Å². The molecule has 0 aliphatic carbocycles. The van der Waals surface area contributed by atoms with Gasteiger partial charge in [0.1, 0.15) is 5.75 Å². The summed E-state index contributed by atoms with van der Waals surface area (Å²) in [5, 5.41) is 20.2. The van der Waals surface area contributed by atoms with Crippen LogP contribution in [-0.4, -0.2) is 10.0 Å². The number of aromatic hydroxyl groups is 1. The van der Waals surface area contributed by atoms with Crippen molar-refractivity contribution in [3.8, 4) is 5.75 Å². The van der Waals surface area contributed by atoms with Crippen LogP contribution < -0.4 is 0 Å². The summed E-state index contributed by atoms with van der Waals surface area (Å²) in [5.41, 5.74) is 0.712. The van der Waals surface area contributed by atoms with Crippen molar-refractivity contribution in [1.29, 1.82) is 0 Å². The van der Waals surface area contributed by atoms with Crippen LogP contribution >= 0.6 is 0 Å². The maximum atomic E-state index is 10.6.